The molecular weight excluding hydrogens is 758 g/mol. The zero-order valence-corrected chi connectivity index (χ0v) is 35.9. The van der Waals surface area contributed by atoms with Crippen LogP contribution in [0.15, 0.2) is 24.3 Å². The Hall–Kier alpha value is -2.80. The van der Waals surface area contributed by atoms with Crippen molar-refractivity contribution in [1.29, 1.82) is 0 Å². The molecule has 0 spiro atoms. The maximum absolute atomic E-state index is 12.9. The Morgan fingerprint density at radius 3 is 2.31 bits per heavy atom. The quantitative estimate of drug-likeness (QED) is 0.139. The van der Waals surface area contributed by atoms with Crippen molar-refractivity contribution in [3.8, 4) is 0 Å². The zero-order chi connectivity index (χ0) is 43.3. The average molecular weight is 828 g/mol. The molecule has 0 aliphatic carbocycles. The number of aldehydes is 1. The first kappa shape index (κ1) is 49.6. The number of methoxy groups -OCH3 is 1. The molecule has 0 amide bonds. The van der Waals surface area contributed by atoms with E-state index >= 15 is 0 Å². The summed E-state index contributed by atoms with van der Waals surface area (Å²) in [6.07, 6.45) is -3.49. The number of ether oxygens (including phenoxy) is 8. The molecule has 0 radical (unpaired) electrons. The van der Waals surface area contributed by atoms with Crippen LogP contribution >= 0.6 is 0 Å². The lowest BCUT2D eigenvalue weighted by Crippen LogP contribution is -2.66. The van der Waals surface area contributed by atoms with E-state index in [4.69, 9.17) is 37.9 Å². The lowest BCUT2D eigenvalue weighted by Gasteiger charge is -2.50. The normalized spacial score (nSPS) is 39.5. The van der Waals surface area contributed by atoms with Gasteiger partial charge in [-0.2, -0.15) is 0 Å². The van der Waals surface area contributed by atoms with E-state index in [0.717, 1.165) is 0 Å². The number of allylic oxidation sites excluding steroid dienone is 2. The highest BCUT2D eigenvalue weighted by molar-refractivity contribution is 5.71. The second kappa shape index (κ2) is 23.3. The van der Waals surface area contributed by atoms with Crippen LogP contribution in [0, 0.1) is 11.8 Å². The van der Waals surface area contributed by atoms with E-state index in [1.165, 1.54) is 7.11 Å². The molecule has 332 valence electrons. The summed E-state index contributed by atoms with van der Waals surface area (Å²) in [7, 11) is 4.85. The minimum absolute atomic E-state index is 0.00608. The first-order valence-electron chi connectivity index (χ1n) is 20.6. The van der Waals surface area contributed by atoms with Crippen LogP contribution in [0.25, 0.3) is 0 Å². The van der Waals surface area contributed by atoms with E-state index in [9.17, 15) is 34.5 Å². The summed E-state index contributed by atoms with van der Waals surface area (Å²) in [6, 6.07) is -0.783. The van der Waals surface area contributed by atoms with Crippen molar-refractivity contribution in [1.82, 2.24) is 4.90 Å². The van der Waals surface area contributed by atoms with Crippen LogP contribution in [-0.4, -0.2) is 151 Å². The first-order chi connectivity index (χ1) is 27.4. The number of carbonyl (C=O) groups excluding carboxylic acids is 4. The second-order valence-electron chi connectivity index (χ2n) is 16.3. The Kier molecular flexibility index (Phi) is 19.9. The molecule has 3 aliphatic heterocycles. The van der Waals surface area contributed by atoms with Crippen LogP contribution < -0.4 is 0 Å². The van der Waals surface area contributed by atoms with Crippen molar-refractivity contribution in [3.05, 3.63) is 24.3 Å². The van der Waals surface area contributed by atoms with E-state index < -0.39 is 116 Å². The predicted octanol–water partition coefficient (Wildman–Crippen LogP) is 3.16. The molecule has 0 aromatic heterocycles. The number of hydrogen-bond donors (Lipinski definition) is 3. The SMILES string of the molecule is CCCC(=O)OC1C(C)OC(OC2C(C)OC(OC3C(CC=O)CC(C)C(O)C=CC=CCC(C)OC(=O)CC(O)C3OC)C(O)C2N(C)C)CC1(C)OC(=O)CC. The minimum atomic E-state index is -1.45. The second-order valence-corrected chi connectivity index (χ2v) is 16.3. The van der Waals surface area contributed by atoms with Gasteiger partial charge < -0.3 is 62.9 Å². The number of esters is 3. The van der Waals surface area contributed by atoms with Gasteiger partial charge in [0.1, 0.15) is 30.7 Å². The van der Waals surface area contributed by atoms with Gasteiger partial charge in [-0.25, -0.2) is 0 Å². The van der Waals surface area contributed by atoms with Crippen LogP contribution in [-0.2, 0) is 57.1 Å². The molecule has 2 fully saturated rings. The number of carbonyl (C=O) groups is 4. The molecule has 2 saturated heterocycles. The number of likely N-dealkylation sites (N-methyl/N-ethyl adjacent to an activating group) is 1. The van der Waals surface area contributed by atoms with Gasteiger partial charge in [0.25, 0.3) is 0 Å². The zero-order valence-electron chi connectivity index (χ0n) is 35.9. The molecule has 0 aromatic carbocycles. The highest BCUT2D eigenvalue weighted by atomic mass is 16.7. The van der Waals surface area contributed by atoms with Crippen molar-refractivity contribution < 1.29 is 72.4 Å². The molecule has 3 heterocycles. The van der Waals surface area contributed by atoms with E-state index in [0.29, 0.717) is 19.1 Å². The molecule has 16 atom stereocenters. The molecule has 3 N–H and O–H groups in total. The lowest BCUT2D eigenvalue weighted by molar-refractivity contribution is -0.344. The fourth-order valence-electron chi connectivity index (χ4n) is 8.07. The van der Waals surface area contributed by atoms with Crippen molar-refractivity contribution in [2.24, 2.45) is 11.8 Å². The molecule has 0 saturated carbocycles. The van der Waals surface area contributed by atoms with Gasteiger partial charge in [-0.3, -0.25) is 14.4 Å². The summed E-state index contributed by atoms with van der Waals surface area (Å²) < 4.78 is 48.8. The number of hydrogen-bond acceptors (Lipinski definition) is 16. The lowest BCUT2D eigenvalue weighted by atomic mass is 9.82. The van der Waals surface area contributed by atoms with Crippen molar-refractivity contribution >= 4 is 24.2 Å². The smallest absolute Gasteiger partial charge is 0.308 e. The summed E-state index contributed by atoms with van der Waals surface area (Å²) in [6.45, 7) is 12.2. The Morgan fingerprint density at radius 1 is 0.983 bits per heavy atom. The molecular formula is C42H69NO15. The summed E-state index contributed by atoms with van der Waals surface area (Å²) >= 11 is 0. The Morgan fingerprint density at radius 2 is 1.69 bits per heavy atom. The molecule has 16 heteroatoms. The van der Waals surface area contributed by atoms with Gasteiger partial charge in [0, 0.05) is 39.2 Å². The molecule has 3 aliphatic rings. The third-order valence-electron chi connectivity index (χ3n) is 11.1. The van der Waals surface area contributed by atoms with Crippen molar-refractivity contribution in [2.75, 3.05) is 21.2 Å². The summed E-state index contributed by atoms with van der Waals surface area (Å²) in [4.78, 5) is 52.1. The summed E-state index contributed by atoms with van der Waals surface area (Å²) in [5.41, 5.74) is -1.30. The third-order valence-corrected chi connectivity index (χ3v) is 11.1. The van der Waals surface area contributed by atoms with Gasteiger partial charge >= 0.3 is 17.9 Å². The topological polar surface area (TPSA) is 206 Å². The van der Waals surface area contributed by atoms with E-state index in [2.05, 4.69) is 0 Å². The minimum Gasteiger partial charge on any atom is -0.462 e. The Labute approximate surface area is 343 Å². The first-order valence-corrected chi connectivity index (χ1v) is 20.6. The maximum Gasteiger partial charge on any atom is 0.308 e. The maximum atomic E-state index is 12.9. The van der Waals surface area contributed by atoms with Gasteiger partial charge in [0.05, 0.1) is 43.0 Å². The van der Waals surface area contributed by atoms with E-state index in [1.54, 1.807) is 71.8 Å². The van der Waals surface area contributed by atoms with Crippen LogP contribution in [0.3, 0.4) is 0 Å². The number of aliphatic hydroxyl groups is 3. The van der Waals surface area contributed by atoms with Gasteiger partial charge in [-0.15, -0.1) is 0 Å². The number of rotatable bonds is 13. The molecule has 16 nitrogen and oxygen atoms in total. The molecule has 3 rings (SSSR count). The van der Waals surface area contributed by atoms with Gasteiger partial charge in [0.15, 0.2) is 24.3 Å². The highest BCUT2D eigenvalue weighted by Crippen LogP contribution is 2.39. The molecule has 0 aromatic rings. The van der Waals surface area contributed by atoms with Crippen LogP contribution in [0.2, 0.25) is 0 Å². The summed E-state index contributed by atoms with van der Waals surface area (Å²) in [5, 5.41) is 34.5. The molecule has 0 bridgehead atoms. The predicted molar refractivity (Wildman–Crippen MR) is 210 cm³/mol. The highest BCUT2D eigenvalue weighted by Gasteiger charge is 2.54. The standard InChI is InChI=1S/C42H69NO15/c1-11-16-32(48)55-40-27(6)53-34(23-42(40,7)58-31(47)12-2)56-37-26(5)54-41(36(50)35(37)43(8)9)57-38-28(19-20-44)21-24(3)29(45)18-15-13-14-17-25(4)52-33(49)22-30(46)39(38)51-10/h13-15,18,20,24-30,34-41,45-46,50H,11-12,16-17,19,21-23H2,1-10H3. The van der Waals surface area contributed by atoms with Crippen LogP contribution in [0.5, 0.6) is 0 Å². The molecule has 16 unspecified atom stereocenters. The van der Waals surface area contributed by atoms with Crippen molar-refractivity contribution in [3.63, 3.8) is 0 Å². The van der Waals surface area contributed by atoms with Crippen LogP contribution in [0.4, 0.5) is 0 Å². The number of aliphatic hydroxyl groups excluding tert-OH is 3. The van der Waals surface area contributed by atoms with E-state index in [-0.39, 0.29) is 38.0 Å². The third kappa shape index (κ3) is 13.6. The number of cyclic esters (lactones) is 1. The monoisotopic (exact) mass is 827 g/mol. The van der Waals surface area contributed by atoms with Gasteiger partial charge in [-0.05, 0) is 66.5 Å². The Balaban J connectivity index is 1.95. The number of nitrogens with zero attached hydrogens (tertiary/aromatic N) is 1. The summed E-state index contributed by atoms with van der Waals surface area (Å²) in [5.74, 6) is -2.64. The fourth-order valence-corrected chi connectivity index (χ4v) is 8.07. The van der Waals surface area contributed by atoms with Gasteiger partial charge in [-0.1, -0.05) is 45.1 Å². The van der Waals surface area contributed by atoms with Crippen molar-refractivity contribution in [2.45, 2.75) is 185 Å². The fraction of sp³-hybridized carbons (Fsp3) is 0.810. The Bertz CT molecular complexity index is 1380. The van der Waals surface area contributed by atoms with E-state index in [1.807, 2.05) is 19.9 Å². The average Bonchev–Trinajstić information content (AvgIpc) is 3.13. The largest absolute Gasteiger partial charge is 0.462 e. The van der Waals surface area contributed by atoms with Crippen LogP contribution in [0.1, 0.15) is 99.8 Å². The van der Waals surface area contributed by atoms with Gasteiger partial charge in [0.2, 0.25) is 0 Å². The molecule has 58 heavy (non-hydrogen) atoms.